The van der Waals surface area contributed by atoms with E-state index in [1.165, 1.54) is 10.8 Å². The summed E-state index contributed by atoms with van der Waals surface area (Å²) in [6.07, 6.45) is 0.355. The lowest BCUT2D eigenvalue weighted by Gasteiger charge is -2.21. The normalized spacial score (nSPS) is 12.1. The maximum Gasteiger partial charge on any atom is 0.331 e. The summed E-state index contributed by atoms with van der Waals surface area (Å²) < 4.78 is 2.23. The van der Waals surface area contributed by atoms with Crippen molar-refractivity contribution in [1.29, 1.82) is 5.26 Å². The number of likely N-dealkylation sites (N-methyl/N-ethyl adjacent to an activating group) is 1. The number of aliphatic hydroxyl groups is 1. The van der Waals surface area contributed by atoms with Gasteiger partial charge in [-0.05, 0) is 19.5 Å². The Morgan fingerprint density at radius 2 is 1.96 bits per heavy atom. The van der Waals surface area contributed by atoms with Crippen LogP contribution in [0.25, 0.3) is 0 Å². The summed E-state index contributed by atoms with van der Waals surface area (Å²) in [4.78, 5) is 26.4. The first kappa shape index (κ1) is 18.6. The average molecular weight is 342 g/mol. The van der Waals surface area contributed by atoms with Crippen LogP contribution in [0, 0.1) is 11.3 Å². The highest BCUT2D eigenvalue weighted by Gasteiger charge is 2.15. The Bertz CT molecular complexity index is 865. The molecular formula is C18H22N4O3. The number of nitriles is 1. The van der Waals surface area contributed by atoms with Gasteiger partial charge >= 0.3 is 5.69 Å². The fourth-order valence-electron chi connectivity index (χ4n) is 2.71. The van der Waals surface area contributed by atoms with Crippen LogP contribution >= 0.6 is 0 Å². The van der Waals surface area contributed by atoms with Crippen LogP contribution in [0.15, 0.2) is 46.1 Å². The van der Waals surface area contributed by atoms with E-state index >= 15 is 0 Å². The largest absolute Gasteiger partial charge is 0.390 e. The summed E-state index contributed by atoms with van der Waals surface area (Å²) in [5.41, 5.74) is -0.182. The third-order valence-corrected chi connectivity index (χ3v) is 3.91. The van der Waals surface area contributed by atoms with Gasteiger partial charge in [0.15, 0.2) is 0 Å². The van der Waals surface area contributed by atoms with Crippen molar-refractivity contribution in [3.05, 3.63) is 68.5 Å². The second-order valence-corrected chi connectivity index (χ2v) is 5.98. The number of aromatic nitrogens is 2. The van der Waals surface area contributed by atoms with Gasteiger partial charge in [0, 0.05) is 25.8 Å². The molecule has 1 aromatic carbocycles. The van der Waals surface area contributed by atoms with Gasteiger partial charge in [-0.25, -0.2) is 4.79 Å². The third kappa shape index (κ3) is 4.66. The summed E-state index contributed by atoms with van der Waals surface area (Å²) in [6, 6.07) is 11.6. The molecule has 0 saturated carbocycles. The predicted octanol–water partition coefficient (Wildman–Crippen LogP) is 0.394. The molecule has 1 aromatic heterocycles. The monoisotopic (exact) mass is 342 g/mol. The number of hydrogen-bond donors (Lipinski definition) is 1. The van der Waals surface area contributed by atoms with E-state index in [2.05, 4.69) is 0 Å². The Balaban J connectivity index is 2.12. The minimum atomic E-state index is -0.904. The van der Waals surface area contributed by atoms with Gasteiger partial charge < -0.3 is 5.11 Å². The number of rotatable bonds is 7. The molecule has 2 rings (SSSR count). The molecule has 0 bridgehead atoms. The molecule has 0 aliphatic rings. The maximum absolute atomic E-state index is 12.3. The quantitative estimate of drug-likeness (QED) is 0.786. The first-order valence-corrected chi connectivity index (χ1v) is 8.11. The van der Waals surface area contributed by atoms with Crippen molar-refractivity contribution in [3.63, 3.8) is 0 Å². The van der Waals surface area contributed by atoms with E-state index in [1.54, 1.807) is 13.0 Å². The number of aliphatic hydroxyl groups excluding tert-OH is 1. The van der Waals surface area contributed by atoms with E-state index in [0.717, 1.165) is 10.1 Å². The zero-order valence-corrected chi connectivity index (χ0v) is 14.4. The Morgan fingerprint density at radius 3 is 2.56 bits per heavy atom. The van der Waals surface area contributed by atoms with Crippen molar-refractivity contribution < 1.29 is 5.11 Å². The Morgan fingerprint density at radius 1 is 1.28 bits per heavy atom. The van der Waals surface area contributed by atoms with Crippen LogP contribution in [0.4, 0.5) is 0 Å². The molecule has 1 heterocycles. The highest BCUT2D eigenvalue weighted by molar-refractivity contribution is 5.22. The summed E-state index contributed by atoms with van der Waals surface area (Å²) in [5.74, 6) is 0. The lowest BCUT2D eigenvalue weighted by Crippen LogP contribution is -2.44. The number of benzene rings is 1. The van der Waals surface area contributed by atoms with Crippen LogP contribution < -0.4 is 11.2 Å². The minimum absolute atomic E-state index is 0.105. The molecule has 0 fully saturated rings. The second kappa shape index (κ2) is 8.42. The van der Waals surface area contributed by atoms with Crippen LogP contribution in [0.2, 0.25) is 0 Å². The van der Waals surface area contributed by atoms with Gasteiger partial charge in [-0.3, -0.25) is 18.8 Å². The van der Waals surface area contributed by atoms with Gasteiger partial charge in [0.05, 0.1) is 12.6 Å². The van der Waals surface area contributed by atoms with E-state index in [1.807, 2.05) is 42.3 Å². The zero-order valence-electron chi connectivity index (χ0n) is 14.4. The van der Waals surface area contributed by atoms with Crippen LogP contribution in [0.1, 0.15) is 18.1 Å². The van der Waals surface area contributed by atoms with Gasteiger partial charge in [0.1, 0.15) is 11.6 Å². The average Bonchev–Trinajstić information content (AvgIpc) is 2.59. The molecule has 132 valence electrons. The molecule has 0 aliphatic carbocycles. The van der Waals surface area contributed by atoms with E-state index in [9.17, 15) is 14.7 Å². The van der Waals surface area contributed by atoms with E-state index in [4.69, 9.17) is 5.26 Å². The van der Waals surface area contributed by atoms with Crippen LogP contribution in [-0.4, -0.2) is 38.8 Å². The smallest absolute Gasteiger partial charge is 0.331 e. The molecule has 1 unspecified atom stereocenters. The van der Waals surface area contributed by atoms with E-state index < -0.39 is 17.4 Å². The SMILES string of the molecule is CCn1cc(C#N)c(=O)n(CC(O)CN(C)Cc2ccccc2)c1=O. The van der Waals surface area contributed by atoms with Crippen LogP contribution in [-0.2, 0) is 19.6 Å². The van der Waals surface area contributed by atoms with Crippen molar-refractivity contribution in [3.8, 4) is 6.07 Å². The zero-order chi connectivity index (χ0) is 18.4. The van der Waals surface area contributed by atoms with Gasteiger partial charge in [0.25, 0.3) is 5.56 Å². The van der Waals surface area contributed by atoms with Crippen molar-refractivity contribution in [2.45, 2.75) is 32.7 Å². The molecule has 7 nitrogen and oxygen atoms in total. The molecule has 2 aromatic rings. The van der Waals surface area contributed by atoms with Gasteiger partial charge in [-0.15, -0.1) is 0 Å². The first-order chi connectivity index (χ1) is 12.0. The third-order valence-electron chi connectivity index (χ3n) is 3.91. The van der Waals surface area contributed by atoms with Crippen molar-refractivity contribution >= 4 is 0 Å². The van der Waals surface area contributed by atoms with E-state index in [0.29, 0.717) is 19.6 Å². The van der Waals surface area contributed by atoms with Crippen LogP contribution in [0.5, 0.6) is 0 Å². The number of hydrogen-bond acceptors (Lipinski definition) is 5. The molecule has 0 radical (unpaired) electrons. The maximum atomic E-state index is 12.3. The molecule has 0 spiro atoms. The second-order valence-electron chi connectivity index (χ2n) is 5.98. The highest BCUT2D eigenvalue weighted by atomic mass is 16.3. The Kier molecular flexibility index (Phi) is 6.28. The van der Waals surface area contributed by atoms with Crippen molar-refractivity contribution in [2.24, 2.45) is 0 Å². The summed E-state index contributed by atoms with van der Waals surface area (Å²) in [7, 11) is 1.86. The molecule has 25 heavy (non-hydrogen) atoms. The van der Waals surface area contributed by atoms with Gasteiger partial charge in [0.2, 0.25) is 0 Å². The fourth-order valence-corrected chi connectivity index (χ4v) is 2.71. The molecular weight excluding hydrogens is 320 g/mol. The molecule has 1 atom stereocenters. The molecule has 0 saturated heterocycles. The van der Waals surface area contributed by atoms with E-state index in [-0.39, 0.29) is 12.1 Å². The number of nitrogens with zero attached hydrogens (tertiary/aromatic N) is 4. The number of aryl methyl sites for hydroxylation is 1. The van der Waals surface area contributed by atoms with Crippen molar-refractivity contribution in [1.82, 2.24) is 14.0 Å². The molecule has 1 N–H and O–H groups in total. The Hall–Kier alpha value is -2.69. The topological polar surface area (TPSA) is 91.3 Å². The fraction of sp³-hybridized carbons (Fsp3) is 0.389. The lowest BCUT2D eigenvalue weighted by molar-refractivity contribution is 0.104. The standard InChI is InChI=1S/C18H22N4O3/c1-3-21-11-15(9-19)17(24)22(18(21)25)13-16(23)12-20(2)10-14-7-5-4-6-8-14/h4-8,11,16,23H,3,10,12-13H2,1-2H3. The summed E-state index contributed by atoms with van der Waals surface area (Å²) >= 11 is 0. The molecule has 0 amide bonds. The molecule has 0 aliphatic heterocycles. The van der Waals surface area contributed by atoms with Gasteiger partial charge in [-0.1, -0.05) is 30.3 Å². The van der Waals surface area contributed by atoms with Gasteiger partial charge in [-0.2, -0.15) is 5.26 Å². The van der Waals surface area contributed by atoms with Crippen molar-refractivity contribution in [2.75, 3.05) is 13.6 Å². The highest BCUT2D eigenvalue weighted by Crippen LogP contribution is 2.03. The first-order valence-electron chi connectivity index (χ1n) is 8.11. The lowest BCUT2D eigenvalue weighted by atomic mass is 10.2. The summed E-state index contributed by atoms with van der Waals surface area (Å²) in [6.45, 7) is 2.89. The Labute approximate surface area is 146 Å². The van der Waals surface area contributed by atoms with Crippen LogP contribution in [0.3, 0.4) is 0 Å². The summed E-state index contributed by atoms with van der Waals surface area (Å²) in [5, 5.41) is 19.3. The predicted molar refractivity (Wildman–Crippen MR) is 94.1 cm³/mol. The molecule has 7 heteroatoms. The minimum Gasteiger partial charge on any atom is -0.390 e.